The van der Waals surface area contributed by atoms with Crippen LogP contribution in [-0.2, 0) is 9.59 Å². The lowest BCUT2D eigenvalue weighted by Gasteiger charge is -2.08. The molecule has 4 heterocycles. The number of halogens is 9. The number of hydrogen-bond donors (Lipinski definition) is 4. The number of carboxylic acids is 2. The molecule has 0 unspecified atom stereocenters. The molecule has 4 N–H and O–H groups in total. The van der Waals surface area contributed by atoms with Crippen LogP contribution in [0.2, 0.25) is 0 Å². The summed E-state index contributed by atoms with van der Waals surface area (Å²) in [6, 6.07) is 6.55. The van der Waals surface area contributed by atoms with Crippen molar-refractivity contribution in [1.82, 2.24) is 19.9 Å². The number of imidazole rings is 1. The summed E-state index contributed by atoms with van der Waals surface area (Å²) in [5.74, 6) is -8.05. The Kier molecular flexibility index (Phi) is 8.54. The third kappa shape index (κ3) is 7.08. The number of aromatic nitrogens is 4. The van der Waals surface area contributed by atoms with Crippen molar-refractivity contribution in [2.24, 2.45) is 0 Å². The van der Waals surface area contributed by atoms with Crippen molar-refractivity contribution < 1.29 is 59.3 Å². The van der Waals surface area contributed by atoms with Crippen molar-refractivity contribution in [1.29, 1.82) is 0 Å². The second-order valence-corrected chi connectivity index (χ2v) is 7.61. The number of fused-ring (bicyclic) bond motifs is 5. The van der Waals surface area contributed by atoms with Gasteiger partial charge in [0.05, 0.1) is 23.1 Å². The third-order valence-corrected chi connectivity index (χ3v) is 4.84. The molecule has 3 aromatic heterocycles. The van der Waals surface area contributed by atoms with E-state index in [1.54, 1.807) is 36.8 Å². The molecular weight excluding hydrogens is 581 g/mol. The fraction of sp³-hybridized carbons (Fsp3) is 0.0870. The second kappa shape index (κ2) is 11.5. The minimum Gasteiger partial charge on any atom is -0.475 e. The molecule has 0 bridgehead atoms. The molecule has 0 spiro atoms. The fourth-order valence-electron chi connectivity index (χ4n) is 3.19. The van der Waals surface area contributed by atoms with Gasteiger partial charge < -0.3 is 20.5 Å². The van der Waals surface area contributed by atoms with Gasteiger partial charge in [-0.1, -0.05) is 0 Å². The number of carboxylic acid groups (broad SMARTS) is 2. The van der Waals surface area contributed by atoms with Crippen LogP contribution >= 0.6 is 0 Å². The molecule has 1 aliphatic heterocycles. The topological polar surface area (TPSA) is 141 Å². The molecule has 0 saturated carbocycles. The van der Waals surface area contributed by atoms with E-state index < -0.39 is 47.3 Å². The smallest absolute Gasteiger partial charge is 0.475 e. The number of nitrogens with one attached hydrogen (secondary N) is 2. The minimum absolute atomic E-state index is 0.0329. The first-order chi connectivity index (χ1) is 19.0. The number of H-pyrrole nitrogens is 1. The molecule has 216 valence electrons. The van der Waals surface area contributed by atoms with Crippen LogP contribution in [0.4, 0.5) is 51.0 Å². The van der Waals surface area contributed by atoms with Crippen LogP contribution in [0.15, 0.2) is 48.9 Å². The second-order valence-electron chi connectivity index (χ2n) is 7.61. The third-order valence-electron chi connectivity index (χ3n) is 4.84. The fourth-order valence-corrected chi connectivity index (χ4v) is 3.19. The van der Waals surface area contributed by atoms with Crippen LogP contribution in [0.25, 0.3) is 33.9 Å². The molecule has 41 heavy (non-hydrogen) atoms. The highest BCUT2D eigenvalue weighted by molar-refractivity contribution is 5.95. The van der Waals surface area contributed by atoms with E-state index in [-0.39, 0.29) is 5.82 Å². The predicted octanol–water partition coefficient (Wildman–Crippen LogP) is 5.94. The molecule has 1 aromatic carbocycles. The van der Waals surface area contributed by atoms with E-state index in [4.69, 9.17) is 19.8 Å². The zero-order valence-corrected chi connectivity index (χ0v) is 19.6. The molecule has 1 aliphatic rings. The van der Waals surface area contributed by atoms with E-state index in [9.17, 15) is 39.5 Å². The van der Waals surface area contributed by atoms with Gasteiger partial charge >= 0.3 is 24.3 Å². The first-order valence-corrected chi connectivity index (χ1v) is 10.5. The van der Waals surface area contributed by atoms with Crippen LogP contribution in [-0.4, -0.2) is 54.4 Å². The minimum atomic E-state index is -5.08. The van der Waals surface area contributed by atoms with Crippen molar-refractivity contribution in [3.63, 3.8) is 0 Å². The number of anilines is 2. The van der Waals surface area contributed by atoms with Crippen LogP contribution < -0.4 is 5.32 Å². The average molecular weight is 593 g/mol. The molecule has 9 nitrogen and oxygen atoms in total. The van der Waals surface area contributed by atoms with Gasteiger partial charge in [-0.25, -0.2) is 32.7 Å². The largest absolute Gasteiger partial charge is 0.490 e. The highest BCUT2D eigenvalue weighted by Gasteiger charge is 2.39. The van der Waals surface area contributed by atoms with Crippen molar-refractivity contribution in [3.05, 3.63) is 66.4 Å². The molecule has 0 aliphatic carbocycles. The average Bonchev–Trinajstić information content (AvgIpc) is 3.23. The van der Waals surface area contributed by atoms with Crippen LogP contribution in [0, 0.1) is 17.5 Å². The number of rotatable bonds is 1. The van der Waals surface area contributed by atoms with Crippen molar-refractivity contribution in [2.75, 3.05) is 5.32 Å². The maximum absolute atomic E-state index is 14.3. The van der Waals surface area contributed by atoms with E-state index in [1.807, 2.05) is 0 Å². The lowest BCUT2D eigenvalue weighted by molar-refractivity contribution is -0.193. The number of nitrogens with zero attached hydrogens (tertiary/aromatic N) is 3. The van der Waals surface area contributed by atoms with Crippen LogP contribution in [0.3, 0.4) is 0 Å². The zero-order chi connectivity index (χ0) is 30.7. The first-order valence-electron chi connectivity index (χ1n) is 10.5. The zero-order valence-electron chi connectivity index (χ0n) is 19.6. The molecule has 0 radical (unpaired) electrons. The summed E-state index contributed by atoms with van der Waals surface area (Å²) in [7, 11) is 0. The number of alkyl halides is 6. The summed E-state index contributed by atoms with van der Waals surface area (Å²) in [5.41, 5.74) is 2.68. The summed E-state index contributed by atoms with van der Waals surface area (Å²) in [5, 5.41) is 17.4. The molecule has 4 aromatic rings. The van der Waals surface area contributed by atoms with Crippen molar-refractivity contribution >= 4 is 23.4 Å². The Morgan fingerprint density at radius 1 is 0.829 bits per heavy atom. The number of pyridine rings is 2. The predicted molar refractivity (Wildman–Crippen MR) is 121 cm³/mol. The maximum Gasteiger partial charge on any atom is 0.490 e. The van der Waals surface area contributed by atoms with E-state index in [0.29, 0.717) is 40.6 Å². The number of benzene rings is 1. The Labute approximate surface area is 221 Å². The van der Waals surface area contributed by atoms with Crippen LogP contribution in [0.1, 0.15) is 0 Å². The number of hydrogen-bond acceptors (Lipinski definition) is 6. The van der Waals surface area contributed by atoms with Gasteiger partial charge in [-0.3, -0.25) is 4.98 Å². The molecule has 0 amide bonds. The highest BCUT2D eigenvalue weighted by atomic mass is 19.4. The first kappa shape index (κ1) is 30.4. The SMILES string of the molecule is Fc1cc(F)c(-c2nc3c([nH]2)-c2ccncc2Nc2ncccc2-3)c(F)c1.O=C(O)C(F)(F)F.O=C(O)C(F)(F)F. The molecule has 5 rings (SSSR count). The summed E-state index contributed by atoms with van der Waals surface area (Å²) in [6.07, 6.45) is -5.31. The molecule has 0 saturated heterocycles. The van der Waals surface area contributed by atoms with Gasteiger partial charge in [0.25, 0.3) is 0 Å². The summed E-state index contributed by atoms with van der Waals surface area (Å²) in [4.78, 5) is 33.6. The van der Waals surface area contributed by atoms with Gasteiger partial charge in [-0.05, 0) is 18.2 Å². The Balaban J connectivity index is 0.000000276. The van der Waals surface area contributed by atoms with E-state index >= 15 is 0 Å². The summed E-state index contributed by atoms with van der Waals surface area (Å²) < 4.78 is 105. The van der Waals surface area contributed by atoms with Crippen molar-refractivity contribution in [3.8, 4) is 33.9 Å². The van der Waals surface area contributed by atoms with Gasteiger partial charge in [0.15, 0.2) is 0 Å². The summed E-state index contributed by atoms with van der Waals surface area (Å²) >= 11 is 0. The lowest BCUT2D eigenvalue weighted by Crippen LogP contribution is -2.21. The highest BCUT2D eigenvalue weighted by Crippen LogP contribution is 2.43. The monoisotopic (exact) mass is 593 g/mol. The molecule has 18 heteroatoms. The van der Waals surface area contributed by atoms with Gasteiger partial charge in [0, 0.05) is 35.7 Å². The Hall–Kier alpha value is -5.16. The molecule has 0 atom stereocenters. The quantitative estimate of drug-likeness (QED) is 0.175. The molecular formula is C23H12F9N5O4. The van der Waals surface area contributed by atoms with Gasteiger partial charge in [0.2, 0.25) is 0 Å². The Bertz CT molecular complexity index is 1490. The van der Waals surface area contributed by atoms with Gasteiger partial charge in [0.1, 0.15) is 34.8 Å². The normalized spacial score (nSPS) is 11.6. The number of aromatic amines is 1. The Morgan fingerprint density at radius 3 is 1.93 bits per heavy atom. The standard InChI is InChI=1S/C19H10F3N5.2C2HF3O2/c20-9-6-12(21)15(13(22)7-9)19-26-16-10-3-5-23-8-14(10)25-18-11(17(16)27-19)2-1-4-24-18;2*3-2(4,5)1(6)7/h1-8H,(H,24,25)(H,26,27);2*(H,6,7). The lowest BCUT2D eigenvalue weighted by atomic mass is 10.1. The van der Waals surface area contributed by atoms with Crippen molar-refractivity contribution in [2.45, 2.75) is 12.4 Å². The van der Waals surface area contributed by atoms with E-state index in [0.717, 1.165) is 5.56 Å². The number of aliphatic carboxylic acids is 2. The number of carbonyl (C=O) groups is 2. The van der Waals surface area contributed by atoms with Gasteiger partial charge in [-0.2, -0.15) is 26.3 Å². The maximum atomic E-state index is 14.3. The van der Waals surface area contributed by atoms with Crippen LogP contribution in [0.5, 0.6) is 0 Å². The van der Waals surface area contributed by atoms with E-state index in [2.05, 4.69) is 25.3 Å². The van der Waals surface area contributed by atoms with Gasteiger partial charge in [-0.15, -0.1) is 0 Å². The Morgan fingerprint density at radius 2 is 1.39 bits per heavy atom. The summed E-state index contributed by atoms with van der Waals surface area (Å²) in [6.45, 7) is 0. The van der Waals surface area contributed by atoms with E-state index in [1.165, 1.54) is 0 Å². The molecule has 0 fully saturated rings.